The summed E-state index contributed by atoms with van der Waals surface area (Å²) in [5.74, 6) is 1.65. The molecule has 108 valence electrons. The van der Waals surface area contributed by atoms with Crippen LogP contribution in [0, 0.1) is 3.57 Å². The molecule has 0 bridgehead atoms. The quantitative estimate of drug-likeness (QED) is 0.801. The third-order valence-corrected chi connectivity index (χ3v) is 4.12. The Morgan fingerprint density at radius 2 is 2.05 bits per heavy atom. The van der Waals surface area contributed by atoms with Gasteiger partial charge >= 0.3 is 0 Å². The molecule has 2 aromatic heterocycles. The smallest absolute Gasteiger partial charge is 0.165 e. The first-order valence-electron chi connectivity index (χ1n) is 6.91. The van der Waals surface area contributed by atoms with Crippen molar-refractivity contribution < 1.29 is 0 Å². The maximum atomic E-state index is 4.66. The normalized spacial score (nSPS) is 11.1. The van der Waals surface area contributed by atoms with Gasteiger partial charge in [-0.05, 0) is 49.8 Å². The highest BCUT2D eigenvalue weighted by molar-refractivity contribution is 14.1. The van der Waals surface area contributed by atoms with Crippen LogP contribution in [0.25, 0.3) is 11.4 Å². The van der Waals surface area contributed by atoms with Crippen molar-refractivity contribution in [2.75, 3.05) is 11.9 Å². The molecule has 0 spiro atoms. The van der Waals surface area contributed by atoms with E-state index in [1.807, 2.05) is 17.1 Å². The Kier molecular flexibility index (Phi) is 4.95. The van der Waals surface area contributed by atoms with Crippen LogP contribution in [0.5, 0.6) is 0 Å². The van der Waals surface area contributed by atoms with Crippen LogP contribution in [0.15, 0.2) is 12.4 Å². The van der Waals surface area contributed by atoms with Gasteiger partial charge in [-0.25, -0.2) is 9.97 Å². The Morgan fingerprint density at radius 3 is 2.60 bits per heavy atom. The lowest BCUT2D eigenvalue weighted by Crippen LogP contribution is -2.07. The van der Waals surface area contributed by atoms with Gasteiger partial charge in [-0.3, -0.25) is 4.68 Å². The zero-order valence-corrected chi connectivity index (χ0v) is 14.5. The van der Waals surface area contributed by atoms with E-state index in [1.54, 1.807) is 0 Å². The van der Waals surface area contributed by atoms with E-state index >= 15 is 0 Å². The minimum absolute atomic E-state index is 0.339. The number of hydrogen-bond acceptors (Lipinski definition) is 4. The van der Waals surface area contributed by atoms with Crippen LogP contribution >= 0.6 is 22.6 Å². The molecule has 0 amide bonds. The van der Waals surface area contributed by atoms with Gasteiger partial charge < -0.3 is 5.32 Å². The summed E-state index contributed by atoms with van der Waals surface area (Å²) in [6, 6.07) is 0.339. The number of halogens is 1. The molecule has 0 aliphatic rings. The summed E-state index contributed by atoms with van der Waals surface area (Å²) in [7, 11) is 0. The Hall–Kier alpha value is -1.18. The molecule has 2 heterocycles. The molecule has 5 nitrogen and oxygen atoms in total. The van der Waals surface area contributed by atoms with Gasteiger partial charge in [0.05, 0.1) is 21.0 Å². The second-order valence-corrected chi connectivity index (χ2v) is 5.92. The second kappa shape index (κ2) is 6.51. The topological polar surface area (TPSA) is 55.6 Å². The fourth-order valence-electron chi connectivity index (χ4n) is 1.88. The summed E-state index contributed by atoms with van der Waals surface area (Å²) >= 11 is 2.31. The molecule has 0 aliphatic heterocycles. The number of anilines is 1. The van der Waals surface area contributed by atoms with Crippen molar-refractivity contribution in [3.63, 3.8) is 0 Å². The van der Waals surface area contributed by atoms with E-state index < -0.39 is 0 Å². The predicted molar refractivity (Wildman–Crippen MR) is 89.9 cm³/mol. The first-order valence-corrected chi connectivity index (χ1v) is 7.99. The molecule has 0 unspecified atom stereocenters. The van der Waals surface area contributed by atoms with E-state index in [4.69, 9.17) is 0 Å². The van der Waals surface area contributed by atoms with Gasteiger partial charge in [0.15, 0.2) is 5.82 Å². The van der Waals surface area contributed by atoms with Gasteiger partial charge in [0.1, 0.15) is 5.82 Å². The number of aromatic nitrogens is 4. The molecule has 0 saturated heterocycles. The molecule has 20 heavy (non-hydrogen) atoms. The minimum Gasteiger partial charge on any atom is -0.369 e. The van der Waals surface area contributed by atoms with Crippen molar-refractivity contribution in [2.45, 2.75) is 40.2 Å². The largest absolute Gasteiger partial charge is 0.369 e. The molecular weight excluding hydrogens is 365 g/mol. The number of nitrogens with one attached hydrogen (secondary N) is 1. The van der Waals surface area contributed by atoms with Crippen LogP contribution < -0.4 is 5.32 Å². The molecule has 0 fully saturated rings. The summed E-state index contributed by atoms with van der Waals surface area (Å²) in [5.41, 5.74) is 2.04. The molecule has 0 saturated carbocycles. The molecule has 2 aromatic rings. The maximum Gasteiger partial charge on any atom is 0.165 e. The van der Waals surface area contributed by atoms with Crippen LogP contribution in [0.2, 0.25) is 0 Å². The number of nitrogens with zero attached hydrogens (tertiary/aromatic N) is 4. The van der Waals surface area contributed by atoms with Crippen molar-refractivity contribution >= 4 is 28.4 Å². The molecule has 0 aromatic carbocycles. The average Bonchev–Trinajstić information content (AvgIpc) is 2.91. The van der Waals surface area contributed by atoms with Crippen LogP contribution in [0.1, 0.15) is 39.4 Å². The first kappa shape index (κ1) is 15.2. The van der Waals surface area contributed by atoms with Gasteiger partial charge in [0.2, 0.25) is 0 Å². The molecule has 0 atom stereocenters. The summed E-state index contributed by atoms with van der Waals surface area (Å²) in [6.07, 6.45) is 4.73. The SMILES string of the molecule is CCNc1nc(-c2cnn(C(C)C)c2)nc(CC)c1I. The maximum absolute atomic E-state index is 4.66. The number of rotatable bonds is 5. The average molecular weight is 385 g/mol. The van der Waals surface area contributed by atoms with Crippen molar-refractivity contribution in [1.29, 1.82) is 0 Å². The summed E-state index contributed by atoms with van der Waals surface area (Å²) < 4.78 is 3.03. The first-order chi connectivity index (χ1) is 9.56. The molecule has 0 aliphatic carbocycles. The van der Waals surface area contributed by atoms with Gasteiger partial charge in [-0.15, -0.1) is 0 Å². The van der Waals surface area contributed by atoms with E-state index in [-0.39, 0.29) is 0 Å². The third kappa shape index (κ3) is 3.11. The van der Waals surface area contributed by atoms with Gasteiger partial charge in [0, 0.05) is 18.8 Å². The van der Waals surface area contributed by atoms with Crippen molar-refractivity contribution in [3.05, 3.63) is 21.7 Å². The Labute approximate surface area is 133 Å². The van der Waals surface area contributed by atoms with E-state index in [9.17, 15) is 0 Å². The summed E-state index contributed by atoms with van der Waals surface area (Å²) in [5, 5.41) is 7.66. The van der Waals surface area contributed by atoms with Crippen molar-refractivity contribution in [1.82, 2.24) is 19.7 Å². The standard InChI is InChI=1S/C14H20IN5/c1-5-11-12(15)14(16-6-2)19-13(18-11)10-7-17-20(8-10)9(3)4/h7-9H,5-6H2,1-4H3,(H,16,18,19). The zero-order chi connectivity index (χ0) is 14.7. The Balaban J connectivity index is 2.47. The highest BCUT2D eigenvalue weighted by atomic mass is 127. The van der Waals surface area contributed by atoms with Gasteiger partial charge in [-0.1, -0.05) is 6.92 Å². The minimum atomic E-state index is 0.339. The summed E-state index contributed by atoms with van der Waals surface area (Å²) in [6.45, 7) is 9.24. The molecular formula is C14H20IN5. The van der Waals surface area contributed by atoms with Crippen LogP contribution in [0.4, 0.5) is 5.82 Å². The molecule has 6 heteroatoms. The Bertz CT molecular complexity index is 591. The van der Waals surface area contributed by atoms with E-state index in [0.29, 0.717) is 6.04 Å². The zero-order valence-electron chi connectivity index (χ0n) is 12.3. The van der Waals surface area contributed by atoms with E-state index in [2.05, 4.69) is 70.7 Å². The highest BCUT2D eigenvalue weighted by Crippen LogP contribution is 2.24. The molecule has 0 radical (unpaired) electrons. The van der Waals surface area contributed by atoms with Crippen LogP contribution in [0.3, 0.4) is 0 Å². The molecule has 1 N–H and O–H groups in total. The van der Waals surface area contributed by atoms with E-state index in [1.165, 1.54) is 0 Å². The Morgan fingerprint density at radius 1 is 1.30 bits per heavy atom. The van der Waals surface area contributed by atoms with Crippen LogP contribution in [-0.4, -0.2) is 26.3 Å². The summed E-state index contributed by atoms with van der Waals surface area (Å²) in [4.78, 5) is 9.30. The lowest BCUT2D eigenvalue weighted by Gasteiger charge is -2.10. The van der Waals surface area contributed by atoms with Crippen molar-refractivity contribution in [2.24, 2.45) is 0 Å². The van der Waals surface area contributed by atoms with E-state index in [0.717, 1.165) is 39.4 Å². The fourth-order valence-corrected chi connectivity index (χ4v) is 2.69. The molecule has 2 rings (SSSR count). The highest BCUT2D eigenvalue weighted by Gasteiger charge is 2.13. The number of hydrogen-bond donors (Lipinski definition) is 1. The lowest BCUT2D eigenvalue weighted by molar-refractivity contribution is 0.532. The third-order valence-electron chi connectivity index (χ3n) is 2.99. The fraction of sp³-hybridized carbons (Fsp3) is 0.500. The lowest BCUT2D eigenvalue weighted by atomic mass is 10.2. The second-order valence-electron chi connectivity index (χ2n) is 4.84. The number of aryl methyl sites for hydroxylation is 1. The van der Waals surface area contributed by atoms with Crippen LogP contribution in [-0.2, 0) is 6.42 Å². The van der Waals surface area contributed by atoms with Gasteiger partial charge in [0.25, 0.3) is 0 Å². The van der Waals surface area contributed by atoms with Gasteiger partial charge in [-0.2, -0.15) is 5.10 Å². The predicted octanol–water partition coefficient (Wildman–Crippen LogP) is 3.52. The monoisotopic (exact) mass is 385 g/mol. The van der Waals surface area contributed by atoms with Crippen molar-refractivity contribution in [3.8, 4) is 11.4 Å².